The molecule has 41 heavy (non-hydrogen) atoms. The normalized spacial score (nSPS) is 14.2. The summed E-state index contributed by atoms with van der Waals surface area (Å²) in [5, 5.41) is 6.44. The summed E-state index contributed by atoms with van der Waals surface area (Å²) in [4.78, 5) is 31.4. The number of hydrogen-bond donors (Lipinski definition) is 3. The van der Waals surface area contributed by atoms with E-state index in [2.05, 4.69) is 50.2 Å². The van der Waals surface area contributed by atoms with Gasteiger partial charge in [-0.2, -0.15) is 18.2 Å². The fourth-order valence-electron chi connectivity index (χ4n) is 5.70. The fourth-order valence-corrected chi connectivity index (χ4v) is 5.70. The molecule has 4 heterocycles. The van der Waals surface area contributed by atoms with Gasteiger partial charge in [-0.25, -0.2) is 0 Å². The van der Waals surface area contributed by atoms with Crippen molar-refractivity contribution >= 4 is 11.4 Å². The number of methoxy groups -OCH3 is 1. The number of piperazine rings is 1. The third-order valence-electron chi connectivity index (χ3n) is 7.81. The van der Waals surface area contributed by atoms with Gasteiger partial charge in [0.05, 0.1) is 7.11 Å². The zero-order valence-electron chi connectivity index (χ0n) is 24.8. The Balaban J connectivity index is 0.00000231. The van der Waals surface area contributed by atoms with Crippen LogP contribution in [0.15, 0.2) is 47.4 Å². The third kappa shape index (κ3) is 6.65. The van der Waals surface area contributed by atoms with E-state index in [1.807, 2.05) is 51.1 Å². The molecule has 1 fully saturated rings. The van der Waals surface area contributed by atoms with Crippen molar-refractivity contribution < 1.29 is 40.6 Å². The third-order valence-corrected chi connectivity index (χ3v) is 7.81. The van der Waals surface area contributed by atoms with Crippen molar-refractivity contribution in [3.05, 3.63) is 100 Å². The van der Waals surface area contributed by atoms with Crippen molar-refractivity contribution in [2.75, 3.05) is 33.3 Å². The quantitative estimate of drug-likeness (QED) is 0.243. The number of pyridine rings is 2. The molecule has 0 radical (unpaired) electrons. The number of aromatic nitrogens is 2. The van der Waals surface area contributed by atoms with Crippen LogP contribution in [0.3, 0.4) is 0 Å². The Bertz CT molecular complexity index is 1590. The van der Waals surface area contributed by atoms with Gasteiger partial charge in [0, 0.05) is 78.7 Å². The molecule has 0 saturated carbocycles. The van der Waals surface area contributed by atoms with Gasteiger partial charge in [-0.1, -0.05) is 5.56 Å². The van der Waals surface area contributed by atoms with Crippen LogP contribution >= 0.6 is 0 Å². The molecular formula is C32H39N5O3U. The van der Waals surface area contributed by atoms with Crippen molar-refractivity contribution in [1.29, 1.82) is 0 Å². The summed E-state index contributed by atoms with van der Waals surface area (Å²) >= 11 is 0. The maximum atomic E-state index is 13.6. The molecule has 8 nitrogen and oxygen atoms in total. The van der Waals surface area contributed by atoms with E-state index in [4.69, 9.17) is 4.74 Å². The number of benzene rings is 1. The number of nitrogens with zero attached hydrogens (tertiary/aromatic N) is 2. The van der Waals surface area contributed by atoms with E-state index in [1.165, 1.54) is 0 Å². The number of ether oxygens (including phenoxy) is 1. The molecule has 1 saturated heterocycles. The summed E-state index contributed by atoms with van der Waals surface area (Å²) in [6, 6.07) is 14.8. The molecular weight excluding hydrogens is 740 g/mol. The van der Waals surface area contributed by atoms with Crippen LogP contribution in [0.5, 0.6) is 5.75 Å². The summed E-state index contributed by atoms with van der Waals surface area (Å²) in [6.45, 7) is 11.9. The van der Waals surface area contributed by atoms with E-state index in [9.17, 15) is 9.59 Å². The summed E-state index contributed by atoms with van der Waals surface area (Å²) in [6.07, 6.45) is 2.13. The number of carbonyl (C=O) groups is 1. The van der Waals surface area contributed by atoms with E-state index in [-0.39, 0.29) is 62.6 Å². The SMILES string of the molecule is COc1c[c-]ccc1-c1cc2cc(C(=O)NCc3c(C)cc(C)[nH]c3=O)c(C)c(C(C)N3CCNCC3)n2c1.[CH3-].[U+2]. The molecule has 3 aromatic heterocycles. The van der Waals surface area contributed by atoms with E-state index >= 15 is 0 Å². The van der Waals surface area contributed by atoms with Gasteiger partial charge in [-0.05, 0) is 62.6 Å². The van der Waals surface area contributed by atoms with Crippen molar-refractivity contribution in [3.63, 3.8) is 0 Å². The maximum absolute atomic E-state index is 13.6. The Morgan fingerprint density at radius 1 is 1.17 bits per heavy atom. The van der Waals surface area contributed by atoms with Gasteiger partial charge in [-0.3, -0.25) is 14.5 Å². The number of amides is 1. The van der Waals surface area contributed by atoms with Crippen molar-refractivity contribution in [2.45, 2.75) is 40.3 Å². The van der Waals surface area contributed by atoms with Crippen LogP contribution in [0.4, 0.5) is 0 Å². The van der Waals surface area contributed by atoms with Crippen LogP contribution in [-0.4, -0.2) is 53.5 Å². The standard InChI is InChI=1S/C31H36N5O3.CH3.U/c1-19-14-20(2)34-31(38)27(19)17-33-30(37)26-16-24-15-23(25-8-6-7-9-28(25)39-5)18-36(24)29(21(26)3)22(4)35-12-10-32-11-13-35;;/h6,8-9,14-16,18,22,32H,10-13,17H2,1-5H3,(H,33,37)(H,34,38);1H3;/q2*-1;+2. The summed E-state index contributed by atoms with van der Waals surface area (Å²) in [5.41, 5.74) is 7.59. The van der Waals surface area contributed by atoms with E-state index in [0.29, 0.717) is 11.1 Å². The molecule has 0 spiro atoms. The number of aryl methyl sites for hydroxylation is 2. The molecule has 1 atom stereocenters. The minimum Gasteiger partial charge on any atom is -0.554 e. The predicted octanol–water partition coefficient (Wildman–Crippen LogP) is 4.38. The second kappa shape index (κ2) is 13.9. The Labute approximate surface area is 266 Å². The Hall–Kier alpha value is -2.83. The average Bonchev–Trinajstić information content (AvgIpc) is 3.35. The van der Waals surface area contributed by atoms with Crippen molar-refractivity contribution in [2.24, 2.45) is 0 Å². The number of H-pyrrole nitrogens is 1. The number of aromatic amines is 1. The van der Waals surface area contributed by atoms with Crippen LogP contribution in [-0.2, 0) is 6.54 Å². The van der Waals surface area contributed by atoms with Crippen LogP contribution in [0.2, 0.25) is 0 Å². The van der Waals surface area contributed by atoms with Gasteiger partial charge in [-0.15, -0.1) is 6.07 Å². The monoisotopic (exact) mass is 779 g/mol. The topological polar surface area (TPSA) is 90.9 Å². The van der Waals surface area contributed by atoms with Crippen LogP contribution in [0, 0.1) is 65.4 Å². The molecule has 1 aliphatic rings. The predicted molar refractivity (Wildman–Crippen MR) is 160 cm³/mol. The molecule has 1 unspecified atom stereocenters. The number of hydrogen-bond acceptors (Lipinski definition) is 5. The summed E-state index contributed by atoms with van der Waals surface area (Å²) < 4.78 is 7.81. The molecule has 5 rings (SSSR count). The molecule has 3 N–H and O–H groups in total. The molecule has 0 bridgehead atoms. The van der Waals surface area contributed by atoms with Gasteiger partial charge in [0.15, 0.2) is 0 Å². The van der Waals surface area contributed by atoms with Crippen LogP contribution in [0.1, 0.15) is 51.4 Å². The average molecular weight is 780 g/mol. The second-order valence-corrected chi connectivity index (χ2v) is 10.3. The largest absolute Gasteiger partial charge is 2.00 e. The van der Waals surface area contributed by atoms with Gasteiger partial charge in [0.25, 0.3) is 11.5 Å². The molecule has 1 aromatic carbocycles. The Morgan fingerprint density at radius 3 is 2.59 bits per heavy atom. The maximum Gasteiger partial charge on any atom is 2.00 e. The van der Waals surface area contributed by atoms with E-state index in [0.717, 1.165) is 71.1 Å². The van der Waals surface area contributed by atoms with Crippen LogP contribution in [0.25, 0.3) is 16.6 Å². The van der Waals surface area contributed by atoms with E-state index < -0.39 is 0 Å². The fraction of sp³-hybridized carbons (Fsp3) is 0.344. The van der Waals surface area contributed by atoms with E-state index in [1.54, 1.807) is 7.11 Å². The zero-order valence-corrected chi connectivity index (χ0v) is 28.9. The second-order valence-electron chi connectivity index (χ2n) is 10.3. The van der Waals surface area contributed by atoms with Gasteiger partial charge in [0.2, 0.25) is 0 Å². The first-order valence-corrected chi connectivity index (χ1v) is 13.4. The van der Waals surface area contributed by atoms with Crippen molar-refractivity contribution in [1.82, 2.24) is 24.9 Å². The number of nitrogens with one attached hydrogen (secondary N) is 3. The Kier molecular flexibility index (Phi) is 11.1. The number of fused-ring (bicyclic) bond motifs is 1. The van der Waals surface area contributed by atoms with Crippen LogP contribution < -0.4 is 20.9 Å². The molecule has 214 valence electrons. The first-order valence-electron chi connectivity index (χ1n) is 13.4. The summed E-state index contributed by atoms with van der Waals surface area (Å²) in [5.74, 6) is 0.552. The molecule has 1 aliphatic heterocycles. The van der Waals surface area contributed by atoms with Gasteiger partial charge < -0.3 is 32.2 Å². The molecule has 9 heteroatoms. The van der Waals surface area contributed by atoms with Gasteiger partial charge >= 0.3 is 31.1 Å². The first kappa shape index (κ1) is 32.7. The number of carbonyl (C=O) groups excluding carboxylic acids is 1. The molecule has 4 aromatic rings. The minimum absolute atomic E-state index is 0. The minimum atomic E-state index is -0.197. The summed E-state index contributed by atoms with van der Waals surface area (Å²) in [7, 11) is 1.66. The molecule has 1 amide bonds. The van der Waals surface area contributed by atoms with Crippen molar-refractivity contribution in [3.8, 4) is 16.9 Å². The molecule has 0 aliphatic carbocycles. The Morgan fingerprint density at radius 2 is 1.90 bits per heavy atom. The van der Waals surface area contributed by atoms with Gasteiger partial charge in [0.1, 0.15) is 0 Å². The smallest absolute Gasteiger partial charge is 0.554 e. The first-order chi connectivity index (χ1) is 18.8. The number of rotatable bonds is 7. The zero-order chi connectivity index (χ0) is 27.7.